The summed E-state index contributed by atoms with van der Waals surface area (Å²) in [6, 6.07) is 15.3. The van der Waals surface area contributed by atoms with Crippen molar-refractivity contribution in [3.63, 3.8) is 0 Å². The summed E-state index contributed by atoms with van der Waals surface area (Å²) in [5.41, 5.74) is 3.70. The molecule has 1 fully saturated rings. The molecule has 0 aromatic heterocycles. The maximum absolute atomic E-state index is 12.4. The van der Waals surface area contributed by atoms with Crippen molar-refractivity contribution in [2.45, 2.75) is 44.4 Å². The van der Waals surface area contributed by atoms with Crippen LogP contribution in [0.15, 0.2) is 48.5 Å². The lowest BCUT2D eigenvalue weighted by Crippen LogP contribution is -2.48. The van der Waals surface area contributed by atoms with Crippen LogP contribution in [0.3, 0.4) is 0 Å². The van der Waals surface area contributed by atoms with Gasteiger partial charge in [0.05, 0.1) is 18.7 Å². The second-order valence-corrected chi connectivity index (χ2v) is 9.18. The van der Waals surface area contributed by atoms with Crippen LogP contribution in [0.5, 0.6) is 0 Å². The van der Waals surface area contributed by atoms with Crippen LogP contribution < -0.4 is 0 Å². The highest BCUT2D eigenvalue weighted by atomic mass is 16.6. The van der Waals surface area contributed by atoms with Gasteiger partial charge in [-0.05, 0) is 43.0 Å². The number of carbonyl (C=O) groups is 2. The highest BCUT2D eigenvalue weighted by Crippen LogP contribution is 2.45. The highest BCUT2D eigenvalue weighted by molar-refractivity contribution is 5.79. The average Bonchev–Trinajstić information content (AvgIpc) is 3.23. The van der Waals surface area contributed by atoms with Crippen LogP contribution in [0.1, 0.15) is 37.8 Å². The molecule has 0 unspecified atom stereocenters. The molecular weight excluding hydrogens is 396 g/mol. The molecule has 31 heavy (non-hydrogen) atoms. The Morgan fingerprint density at radius 3 is 2.10 bits per heavy atom. The van der Waals surface area contributed by atoms with Gasteiger partial charge in [-0.3, -0.25) is 4.90 Å². The van der Waals surface area contributed by atoms with Crippen molar-refractivity contribution in [2.75, 3.05) is 19.6 Å². The lowest BCUT2D eigenvalue weighted by atomic mass is 9.95. The van der Waals surface area contributed by atoms with Crippen LogP contribution in [0.2, 0.25) is 0 Å². The van der Waals surface area contributed by atoms with Crippen LogP contribution in [0.4, 0.5) is 9.59 Å². The molecule has 2 amide bonds. The molecule has 1 aliphatic carbocycles. The van der Waals surface area contributed by atoms with Gasteiger partial charge in [0.2, 0.25) is 0 Å². The fourth-order valence-corrected chi connectivity index (χ4v) is 4.56. The zero-order chi connectivity index (χ0) is 22.3. The van der Waals surface area contributed by atoms with Gasteiger partial charge < -0.3 is 19.8 Å². The van der Waals surface area contributed by atoms with Crippen molar-refractivity contribution >= 4 is 12.2 Å². The van der Waals surface area contributed by atoms with E-state index in [1.165, 1.54) is 9.80 Å². The molecule has 2 aliphatic rings. The van der Waals surface area contributed by atoms with E-state index in [0.717, 1.165) is 22.3 Å². The Kier molecular flexibility index (Phi) is 5.39. The number of benzene rings is 2. The predicted octanol–water partition coefficient (Wildman–Crippen LogP) is 3.76. The van der Waals surface area contributed by atoms with Gasteiger partial charge in [-0.15, -0.1) is 0 Å². The van der Waals surface area contributed by atoms with Crippen LogP contribution in [-0.4, -0.2) is 69.6 Å². The minimum Gasteiger partial charge on any atom is -0.465 e. The van der Waals surface area contributed by atoms with Gasteiger partial charge in [-0.25, -0.2) is 9.59 Å². The van der Waals surface area contributed by atoms with Gasteiger partial charge in [0.1, 0.15) is 5.60 Å². The molecule has 164 valence electrons. The SMILES string of the molecule is CC(C)(C)OC(=O)N1C[C@@H](O)[C@H](N(CC2c3ccccc3-c3ccccc32)C(=O)O)C1. The van der Waals surface area contributed by atoms with Crippen LogP contribution >= 0.6 is 0 Å². The number of hydrogen-bond donors (Lipinski definition) is 2. The summed E-state index contributed by atoms with van der Waals surface area (Å²) in [6.45, 7) is 5.65. The number of aliphatic hydroxyl groups excluding tert-OH is 1. The number of fused-ring (bicyclic) bond motifs is 3. The standard InChI is InChI=1S/C24H28N2O5/c1-24(2,3)31-23(30)25-13-20(21(27)14-25)26(22(28)29)12-19-17-10-6-4-8-15(17)16-9-5-7-11-18(16)19/h4-11,19-21,27H,12-14H2,1-3H3,(H,28,29)/t20-,21-/m1/s1. The monoisotopic (exact) mass is 424 g/mol. The first kappa shape index (κ1) is 21.2. The van der Waals surface area contributed by atoms with E-state index < -0.39 is 29.9 Å². The van der Waals surface area contributed by atoms with Gasteiger partial charge in [-0.1, -0.05) is 48.5 Å². The average molecular weight is 424 g/mol. The third-order valence-corrected chi connectivity index (χ3v) is 5.90. The molecule has 0 spiro atoms. The normalized spacial score (nSPS) is 20.3. The molecule has 2 aromatic carbocycles. The molecular formula is C24H28N2O5. The first-order valence-electron chi connectivity index (χ1n) is 10.5. The predicted molar refractivity (Wildman–Crippen MR) is 116 cm³/mol. The van der Waals surface area contributed by atoms with Crippen LogP contribution in [0.25, 0.3) is 11.1 Å². The minimum atomic E-state index is -1.11. The summed E-state index contributed by atoms with van der Waals surface area (Å²) >= 11 is 0. The number of likely N-dealkylation sites (tertiary alicyclic amines) is 1. The largest absolute Gasteiger partial charge is 0.465 e. The molecule has 7 nitrogen and oxygen atoms in total. The van der Waals surface area contributed by atoms with E-state index in [-0.39, 0.29) is 25.6 Å². The summed E-state index contributed by atoms with van der Waals surface area (Å²) < 4.78 is 5.39. The quantitative estimate of drug-likeness (QED) is 0.783. The summed E-state index contributed by atoms with van der Waals surface area (Å²) in [4.78, 5) is 27.3. The van der Waals surface area contributed by atoms with Gasteiger partial charge >= 0.3 is 12.2 Å². The van der Waals surface area contributed by atoms with Crippen molar-refractivity contribution in [3.05, 3.63) is 59.7 Å². The first-order valence-corrected chi connectivity index (χ1v) is 10.5. The molecule has 7 heteroatoms. The maximum Gasteiger partial charge on any atom is 0.410 e. The Morgan fingerprint density at radius 1 is 1.03 bits per heavy atom. The zero-order valence-electron chi connectivity index (χ0n) is 18.0. The zero-order valence-corrected chi connectivity index (χ0v) is 18.0. The number of amides is 2. The minimum absolute atomic E-state index is 0.0429. The van der Waals surface area contributed by atoms with E-state index >= 15 is 0 Å². The molecule has 2 atom stereocenters. The number of hydrogen-bond acceptors (Lipinski definition) is 4. The summed E-state index contributed by atoms with van der Waals surface area (Å²) in [5, 5.41) is 20.6. The summed E-state index contributed by atoms with van der Waals surface area (Å²) in [5.74, 6) is -0.133. The molecule has 2 N–H and O–H groups in total. The van der Waals surface area contributed by atoms with E-state index in [9.17, 15) is 19.8 Å². The molecule has 0 radical (unpaired) electrons. The molecule has 4 rings (SSSR count). The molecule has 0 saturated carbocycles. The number of carbonyl (C=O) groups excluding carboxylic acids is 1. The number of nitrogens with zero attached hydrogens (tertiary/aromatic N) is 2. The van der Waals surface area contributed by atoms with E-state index in [1.807, 2.05) is 48.5 Å². The van der Waals surface area contributed by atoms with E-state index in [4.69, 9.17) is 4.74 Å². The fraction of sp³-hybridized carbons (Fsp3) is 0.417. The van der Waals surface area contributed by atoms with Crippen molar-refractivity contribution in [2.24, 2.45) is 0 Å². The maximum atomic E-state index is 12.4. The van der Waals surface area contributed by atoms with Gasteiger partial charge in [0.25, 0.3) is 0 Å². The Balaban J connectivity index is 1.58. The number of aliphatic hydroxyl groups is 1. The van der Waals surface area contributed by atoms with Crippen LogP contribution in [-0.2, 0) is 4.74 Å². The molecule has 1 heterocycles. The number of rotatable bonds is 3. The topological polar surface area (TPSA) is 90.3 Å². The van der Waals surface area contributed by atoms with Gasteiger partial charge in [0.15, 0.2) is 0 Å². The van der Waals surface area contributed by atoms with E-state index in [1.54, 1.807) is 20.8 Å². The third-order valence-electron chi connectivity index (χ3n) is 5.90. The Morgan fingerprint density at radius 2 is 1.58 bits per heavy atom. The fourth-order valence-electron chi connectivity index (χ4n) is 4.56. The van der Waals surface area contributed by atoms with Crippen molar-refractivity contribution in [1.82, 2.24) is 9.80 Å². The smallest absolute Gasteiger partial charge is 0.410 e. The van der Waals surface area contributed by atoms with Gasteiger partial charge in [-0.2, -0.15) is 0 Å². The number of ether oxygens (including phenoxy) is 1. The molecule has 1 saturated heterocycles. The van der Waals surface area contributed by atoms with Crippen molar-refractivity contribution in [3.8, 4) is 11.1 Å². The van der Waals surface area contributed by atoms with E-state index in [0.29, 0.717) is 0 Å². The molecule has 1 aliphatic heterocycles. The number of carboxylic acid groups (broad SMARTS) is 1. The first-order chi connectivity index (χ1) is 14.7. The third kappa shape index (κ3) is 4.10. The molecule has 2 aromatic rings. The number of β-amino-alcohol motifs (C(OH)–C–C–N with tert-alkyl or cyclic N) is 1. The summed E-state index contributed by atoms with van der Waals surface area (Å²) in [7, 11) is 0. The summed E-state index contributed by atoms with van der Waals surface area (Å²) in [6.07, 6.45) is -2.64. The molecule has 0 bridgehead atoms. The lowest BCUT2D eigenvalue weighted by molar-refractivity contribution is 0.0268. The van der Waals surface area contributed by atoms with Gasteiger partial charge in [0, 0.05) is 19.0 Å². The Hall–Kier alpha value is -3.06. The van der Waals surface area contributed by atoms with Crippen molar-refractivity contribution in [1.29, 1.82) is 0 Å². The Labute approximate surface area is 181 Å². The van der Waals surface area contributed by atoms with E-state index in [2.05, 4.69) is 0 Å². The highest BCUT2D eigenvalue weighted by Gasteiger charge is 2.43. The lowest BCUT2D eigenvalue weighted by Gasteiger charge is -2.31. The second-order valence-electron chi connectivity index (χ2n) is 9.18. The van der Waals surface area contributed by atoms with Crippen LogP contribution in [0, 0.1) is 0 Å². The Bertz CT molecular complexity index is 954. The van der Waals surface area contributed by atoms with Crippen molar-refractivity contribution < 1.29 is 24.5 Å². The second kappa shape index (κ2) is 7.89.